The Morgan fingerprint density at radius 1 is 1.15 bits per heavy atom. The molecule has 0 saturated heterocycles. The third-order valence-electron chi connectivity index (χ3n) is 4.00. The molecule has 3 aromatic rings. The summed E-state index contributed by atoms with van der Waals surface area (Å²) in [5.41, 5.74) is 2.60. The topological polar surface area (TPSA) is 68.3 Å². The van der Waals surface area contributed by atoms with Crippen LogP contribution in [-0.4, -0.2) is 26.6 Å². The van der Waals surface area contributed by atoms with Crippen LogP contribution in [0.5, 0.6) is 5.75 Å². The van der Waals surface area contributed by atoms with Gasteiger partial charge in [0.15, 0.2) is 0 Å². The number of aryl methyl sites for hydroxylation is 1. The second-order valence-corrected chi connectivity index (χ2v) is 8.78. The molecule has 7 heteroatoms. The van der Waals surface area contributed by atoms with Crippen LogP contribution in [0, 0.1) is 6.92 Å². The molecular formula is C20H22N2O3S2. The lowest BCUT2D eigenvalue weighted by molar-refractivity contribution is 0.331. The first-order valence-electron chi connectivity index (χ1n) is 8.72. The highest BCUT2D eigenvalue weighted by atomic mass is 32.2. The van der Waals surface area contributed by atoms with Crippen molar-refractivity contribution in [1.29, 1.82) is 0 Å². The summed E-state index contributed by atoms with van der Waals surface area (Å²) in [6.45, 7) is 4.46. The predicted octanol–water partition coefficient (Wildman–Crippen LogP) is 4.04. The number of nitrogens with zero attached hydrogens (tertiary/aromatic N) is 1. The van der Waals surface area contributed by atoms with E-state index in [0.717, 1.165) is 21.8 Å². The molecule has 0 aliphatic carbocycles. The van der Waals surface area contributed by atoms with Gasteiger partial charge in [-0.25, -0.2) is 18.1 Å². The average Bonchev–Trinajstić information content (AvgIpc) is 3.09. The van der Waals surface area contributed by atoms with E-state index in [9.17, 15) is 8.42 Å². The van der Waals surface area contributed by atoms with Gasteiger partial charge in [-0.15, -0.1) is 11.3 Å². The minimum Gasteiger partial charge on any atom is -0.492 e. The smallest absolute Gasteiger partial charge is 0.244 e. The fourth-order valence-corrected chi connectivity index (χ4v) is 4.52. The van der Waals surface area contributed by atoms with E-state index in [1.165, 1.54) is 11.3 Å². The van der Waals surface area contributed by atoms with E-state index in [4.69, 9.17) is 4.74 Å². The Balaban J connectivity index is 1.85. The maximum absolute atomic E-state index is 12.9. The first-order chi connectivity index (χ1) is 13.0. The standard InChI is InChI=1S/C20H22N2O3S2/c1-3-25-19-10-9-17(18-14-26-15(2)22-18)13-20(19)27(23,24)21-12-11-16-7-5-4-6-8-16/h4-10,13-14,21H,3,11-12H2,1-2H3. The Morgan fingerprint density at radius 2 is 1.93 bits per heavy atom. The van der Waals surface area contributed by atoms with Crippen LogP contribution in [0.1, 0.15) is 17.5 Å². The molecule has 1 aromatic heterocycles. The van der Waals surface area contributed by atoms with E-state index >= 15 is 0 Å². The van der Waals surface area contributed by atoms with Crippen LogP contribution in [0.25, 0.3) is 11.3 Å². The zero-order valence-electron chi connectivity index (χ0n) is 15.3. The van der Waals surface area contributed by atoms with Crippen molar-refractivity contribution in [3.8, 4) is 17.0 Å². The van der Waals surface area contributed by atoms with Crippen molar-refractivity contribution in [3.05, 3.63) is 64.5 Å². The minimum absolute atomic E-state index is 0.139. The normalized spacial score (nSPS) is 11.5. The summed E-state index contributed by atoms with van der Waals surface area (Å²) in [7, 11) is -3.71. The molecule has 3 rings (SSSR count). The lowest BCUT2D eigenvalue weighted by Gasteiger charge is -2.13. The molecule has 2 aromatic carbocycles. The van der Waals surface area contributed by atoms with Gasteiger partial charge in [-0.2, -0.15) is 0 Å². The van der Waals surface area contributed by atoms with E-state index < -0.39 is 10.0 Å². The first-order valence-corrected chi connectivity index (χ1v) is 11.1. The number of ether oxygens (including phenoxy) is 1. The van der Waals surface area contributed by atoms with Gasteiger partial charge in [0.25, 0.3) is 0 Å². The predicted molar refractivity (Wildman–Crippen MR) is 109 cm³/mol. The number of sulfonamides is 1. The van der Waals surface area contributed by atoms with Crippen LogP contribution in [0.15, 0.2) is 58.8 Å². The molecular weight excluding hydrogens is 380 g/mol. The van der Waals surface area contributed by atoms with Crippen LogP contribution >= 0.6 is 11.3 Å². The number of rotatable bonds is 8. The number of hydrogen-bond acceptors (Lipinski definition) is 5. The summed E-state index contributed by atoms with van der Waals surface area (Å²) < 4.78 is 34.0. The third-order valence-corrected chi connectivity index (χ3v) is 6.25. The highest BCUT2D eigenvalue weighted by molar-refractivity contribution is 7.89. The van der Waals surface area contributed by atoms with E-state index in [-0.39, 0.29) is 4.90 Å². The Labute approximate surface area is 164 Å². The van der Waals surface area contributed by atoms with Crippen molar-refractivity contribution < 1.29 is 13.2 Å². The van der Waals surface area contributed by atoms with Crippen molar-refractivity contribution >= 4 is 21.4 Å². The SMILES string of the molecule is CCOc1ccc(-c2csc(C)n2)cc1S(=O)(=O)NCCc1ccccc1. The molecule has 27 heavy (non-hydrogen) atoms. The second kappa shape index (κ2) is 8.65. The Bertz CT molecular complexity index is 999. The Kier molecular flexibility index (Phi) is 6.26. The molecule has 142 valence electrons. The fourth-order valence-electron chi connectivity index (χ4n) is 2.70. The number of thiazole rings is 1. The summed E-state index contributed by atoms with van der Waals surface area (Å²) in [5.74, 6) is 0.348. The van der Waals surface area contributed by atoms with Crippen LogP contribution in [0.2, 0.25) is 0 Å². The molecule has 0 aliphatic rings. The Hall–Kier alpha value is -2.22. The lowest BCUT2D eigenvalue weighted by atomic mass is 10.2. The number of aromatic nitrogens is 1. The molecule has 0 aliphatic heterocycles. The van der Waals surface area contributed by atoms with Gasteiger partial charge in [-0.1, -0.05) is 30.3 Å². The minimum atomic E-state index is -3.71. The van der Waals surface area contributed by atoms with Gasteiger partial charge in [-0.05, 0) is 44.0 Å². The molecule has 0 atom stereocenters. The van der Waals surface area contributed by atoms with Crippen molar-refractivity contribution in [2.45, 2.75) is 25.2 Å². The highest BCUT2D eigenvalue weighted by Crippen LogP contribution is 2.30. The molecule has 0 amide bonds. The monoisotopic (exact) mass is 402 g/mol. The van der Waals surface area contributed by atoms with Gasteiger partial charge in [-0.3, -0.25) is 0 Å². The average molecular weight is 403 g/mol. The van der Waals surface area contributed by atoms with E-state index in [1.807, 2.05) is 55.6 Å². The molecule has 0 bridgehead atoms. The van der Waals surface area contributed by atoms with Crippen LogP contribution in [-0.2, 0) is 16.4 Å². The molecule has 1 heterocycles. The summed E-state index contributed by atoms with van der Waals surface area (Å²) >= 11 is 1.53. The van der Waals surface area contributed by atoms with Gasteiger partial charge in [0, 0.05) is 17.5 Å². The zero-order chi connectivity index (χ0) is 19.3. The van der Waals surface area contributed by atoms with Gasteiger partial charge in [0.1, 0.15) is 10.6 Å². The van der Waals surface area contributed by atoms with Crippen molar-refractivity contribution in [1.82, 2.24) is 9.71 Å². The maximum atomic E-state index is 12.9. The molecule has 0 saturated carbocycles. The number of benzene rings is 2. The van der Waals surface area contributed by atoms with E-state index in [1.54, 1.807) is 12.1 Å². The van der Waals surface area contributed by atoms with Crippen molar-refractivity contribution in [2.24, 2.45) is 0 Å². The molecule has 0 spiro atoms. The quantitative estimate of drug-likeness (QED) is 0.617. The van der Waals surface area contributed by atoms with Crippen LogP contribution in [0.4, 0.5) is 0 Å². The first kappa shape index (κ1) is 19.5. The molecule has 0 unspecified atom stereocenters. The molecule has 0 radical (unpaired) electrons. The third kappa shape index (κ3) is 4.94. The second-order valence-electron chi connectivity index (χ2n) is 5.98. The molecule has 5 nitrogen and oxygen atoms in total. The van der Waals surface area contributed by atoms with Gasteiger partial charge in [0.05, 0.1) is 17.3 Å². The number of hydrogen-bond donors (Lipinski definition) is 1. The number of nitrogens with one attached hydrogen (secondary N) is 1. The maximum Gasteiger partial charge on any atom is 0.244 e. The summed E-state index contributed by atoms with van der Waals surface area (Å²) in [5, 5.41) is 2.86. The fraction of sp³-hybridized carbons (Fsp3) is 0.250. The van der Waals surface area contributed by atoms with Gasteiger partial charge < -0.3 is 4.74 Å². The van der Waals surface area contributed by atoms with E-state index in [0.29, 0.717) is 25.3 Å². The van der Waals surface area contributed by atoms with Crippen molar-refractivity contribution in [3.63, 3.8) is 0 Å². The van der Waals surface area contributed by atoms with Gasteiger partial charge in [0.2, 0.25) is 10.0 Å². The van der Waals surface area contributed by atoms with Crippen LogP contribution in [0.3, 0.4) is 0 Å². The van der Waals surface area contributed by atoms with Crippen LogP contribution < -0.4 is 9.46 Å². The zero-order valence-corrected chi connectivity index (χ0v) is 16.9. The van der Waals surface area contributed by atoms with E-state index in [2.05, 4.69) is 9.71 Å². The Morgan fingerprint density at radius 3 is 2.59 bits per heavy atom. The summed E-state index contributed by atoms with van der Waals surface area (Å²) in [6.07, 6.45) is 0.620. The summed E-state index contributed by atoms with van der Waals surface area (Å²) in [4.78, 5) is 4.58. The summed E-state index contributed by atoms with van der Waals surface area (Å²) in [6, 6.07) is 14.9. The van der Waals surface area contributed by atoms with Crippen molar-refractivity contribution in [2.75, 3.05) is 13.2 Å². The molecule has 1 N–H and O–H groups in total. The highest BCUT2D eigenvalue weighted by Gasteiger charge is 2.21. The lowest BCUT2D eigenvalue weighted by Crippen LogP contribution is -2.26. The molecule has 0 fully saturated rings. The largest absolute Gasteiger partial charge is 0.492 e. The van der Waals surface area contributed by atoms with Gasteiger partial charge >= 0.3 is 0 Å².